The molecule has 0 bridgehead atoms. The fraction of sp³-hybridized carbons (Fsp3) is 0.875. The first kappa shape index (κ1) is 6.18. The molecule has 2 saturated heterocycles. The van der Waals surface area contributed by atoms with Crippen LogP contribution in [0.4, 0.5) is 0 Å². The fourth-order valence-corrected chi connectivity index (χ4v) is 1.83. The third-order valence-electron chi connectivity index (χ3n) is 2.57. The van der Waals surface area contributed by atoms with E-state index in [0.29, 0.717) is 5.92 Å². The first-order chi connectivity index (χ1) is 4.90. The summed E-state index contributed by atoms with van der Waals surface area (Å²) >= 11 is 0. The van der Waals surface area contributed by atoms with Crippen molar-refractivity contribution >= 4 is 0 Å². The van der Waals surface area contributed by atoms with Crippen LogP contribution < -0.4 is 0 Å². The summed E-state index contributed by atoms with van der Waals surface area (Å²) in [5.74, 6) is 0.359. The summed E-state index contributed by atoms with van der Waals surface area (Å²) in [6, 6.07) is 3.16. The molecule has 0 aromatic heterocycles. The number of fused-ring (bicyclic) bond motifs is 1. The quantitative estimate of drug-likeness (QED) is 0.464. The van der Waals surface area contributed by atoms with Crippen molar-refractivity contribution in [3.8, 4) is 6.07 Å². The van der Waals surface area contributed by atoms with Crippen LogP contribution in [0.2, 0.25) is 0 Å². The van der Waals surface area contributed by atoms with Crippen molar-refractivity contribution in [2.75, 3.05) is 13.1 Å². The fourth-order valence-electron chi connectivity index (χ4n) is 1.83. The second kappa shape index (κ2) is 2.25. The molecule has 0 aliphatic carbocycles. The van der Waals surface area contributed by atoms with Crippen LogP contribution in [0.3, 0.4) is 0 Å². The van der Waals surface area contributed by atoms with E-state index in [1.807, 2.05) is 0 Å². The van der Waals surface area contributed by atoms with E-state index in [9.17, 15) is 0 Å². The molecule has 54 valence electrons. The van der Waals surface area contributed by atoms with Gasteiger partial charge in [0.15, 0.2) is 0 Å². The Kier molecular flexibility index (Phi) is 1.39. The van der Waals surface area contributed by atoms with E-state index >= 15 is 0 Å². The Morgan fingerprint density at radius 1 is 1.50 bits per heavy atom. The van der Waals surface area contributed by atoms with Crippen LogP contribution in [0.5, 0.6) is 0 Å². The average Bonchev–Trinajstić information content (AvgIpc) is 2.61. The number of hydrogen-bond acceptors (Lipinski definition) is 2. The van der Waals surface area contributed by atoms with Gasteiger partial charge >= 0.3 is 0 Å². The number of hydrogen-bond donors (Lipinski definition) is 0. The van der Waals surface area contributed by atoms with Crippen LogP contribution in [0.25, 0.3) is 0 Å². The number of nitrogens with zero attached hydrogens (tertiary/aromatic N) is 2. The monoisotopic (exact) mass is 136 g/mol. The molecule has 0 saturated carbocycles. The number of rotatable bonds is 0. The van der Waals surface area contributed by atoms with E-state index < -0.39 is 0 Å². The Morgan fingerprint density at radius 2 is 2.40 bits per heavy atom. The number of nitriles is 1. The molecule has 2 fully saturated rings. The summed E-state index contributed by atoms with van der Waals surface area (Å²) in [7, 11) is 0. The summed E-state index contributed by atoms with van der Waals surface area (Å²) in [6.07, 6.45) is 3.49. The highest BCUT2D eigenvalue weighted by atomic mass is 15.3. The van der Waals surface area contributed by atoms with Gasteiger partial charge in [-0.1, -0.05) is 0 Å². The minimum absolute atomic E-state index is 0.359. The van der Waals surface area contributed by atoms with Gasteiger partial charge in [-0.05, 0) is 25.8 Å². The highest BCUT2D eigenvalue weighted by Gasteiger charge is 2.37. The standard InChI is InChI=1S/C8H12N2/c9-5-7-2-1-3-10-6-8(10)4-7/h7-8H,1-4,6H2. The first-order valence-electron chi connectivity index (χ1n) is 4.04. The van der Waals surface area contributed by atoms with E-state index in [1.54, 1.807) is 0 Å². The van der Waals surface area contributed by atoms with Crippen LogP contribution in [-0.2, 0) is 0 Å². The second-order valence-electron chi connectivity index (χ2n) is 3.35. The molecule has 0 spiro atoms. The van der Waals surface area contributed by atoms with Gasteiger partial charge in [0.2, 0.25) is 0 Å². The molecule has 2 nitrogen and oxygen atoms in total. The maximum absolute atomic E-state index is 8.68. The van der Waals surface area contributed by atoms with Crippen LogP contribution in [-0.4, -0.2) is 24.0 Å². The summed E-state index contributed by atoms with van der Waals surface area (Å²) in [5, 5.41) is 8.68. The van der Waals surface area contributed by atoms with Crippen molar-refractivity contribution < 1.29 is 0 Å². The van der Waals surface area contributed by atoms with Crippen LogP contribution >= 0.6 is 0 Å². The zero-order valence-electron chi connectivity index (χ0n) is 6.08. The predicted molar refractivity (Wildman–Crippen MR) is 38.3 cm³/mol. The summed E-state index contributed by atoms with van der Waals surface area (Å²) in [4.78, 5) is 2.47. The normalized spacial score (nSPS) is 44.9. The molecule has 0 radical (unpaired) electrons. The zero-order valence-corrected chi connectivity index (χ0v) is 6.08. The van der Waals surface area contributed by atoms with Gasteiger partial charge in [0, 0.05) is 18.5 Å². The molecule has 2 heterocycles. The van der Waals surface area contributed by atoms with E-state index in [2.05, 4.69) is 11.0 Å². The molecule has 0 N–H and O–H groups in total. The molecule has 2 rings (SSSR count). The Morgan fingerprint density at radius 3 is 3.20 bits per heavy atom. The molecule has 2 aliphatic rings. The van der Waals surface area contributed by atoms with Gasteiger partial charge in [-0.2, -0.15) is 5.26 Å². The zero-order chi connectivity index (χ0) is 6.97. The molecule has 2 heteroatoms. The highest BCUT2D eigenvalue weighted by molar-refractivity contribution is 4.98. The van der Waals surface area contributed by atoms with Gasteiger partial charge in [-0.15, -0.1) is 0 Å². The lowest BCUT2D eigenvalue weighted by atomic mass is 10.0. The first-order valence-corrected chi connectivity index (χ1v) is 4.04. The van der Waals surface area contributed by atoms with Crippen molar-refractivity contribution in [1.82, 2.24) is 4.90 Å². The Hall–Kier alpha value is -0.550. The SMILES string of the molecule is N#CC1CCCN2CC2C1. The van der Waals surface area contributed by atoms with E-state index in [1.165, 1.54) is 19.5 Å². The minimum Gasteiger partial charge on any atom is -0.298 e. The highest BCUT2D eigenvalue weighted by Crippen LogP contribution is 2.30. The molecule has 2 aliphatic heterocycles. The predicted octanol–water partition coefficient (Wildman–Crippen LogP) is 0.994. The van der Waals surface area contributed by atoms with Crippen molar-refractivity contribution in [2.45, 2.75) is 25.3 Å². The largest absolute Gasteiger partial charge is 0.298 e. The van der Waals surface area contributed by atoms with Gasteiger partial charge in [-0.25, -0.2) is 0 Å². The minimum atomic E-state index is 0.359. The van der Waals surface area contributed by atoms with Crippen molar-refractivity contribution in [1.29, 1.82) is 5.26 Å². The van der Waals surface area contributed by atoms with Gasteiger partial charge in [0.25, 0.3) is 0 Å². The molecule has 0 amide bonds. The summed E-state index contributed by atoms with van der Waals surface area (Å²) < 4.78 is 0. The lowest BCUT2D eigenvalue weighted by Gasteiger charge is -2.01. The maximum atomic E-state index is 8.68. The van der Waals surface area contributed by atoms with Crippen LogP contribution in [0.1, 0.15) is 19.3 Å². The van der Waals surface area contributed by atoms with Crippen molar-refractivity contribution in [2.24, 2.45) is 5.92 Å². The summed E-state index contributed by atoms with van der Waals surface area (Å²) in [6.45, 7) is 2.50. The molecule has 3 unspecified atom stereocenters. The smallest absolute Gasteiger partial charge is 0.0656 e. The van der Waals surface area contributed by atoms with Crippen molar-refractivity contribution in [3.05, 3.63) is 0 Å². The van der Waals surface area contributed by atoms with Gasteiger partial charge in [-0.3, -0.25) is 4.90 Å². The Labute approximate surface area is 61.4 Å². The van der Waals surface area contributed by atoms with E-state index in [-0.39, 0.29) is 0 Å². The lowest BCUT2D eigenvalue weighted by Crippen LogP contribution is -2.00. The van der Waals surface area contributed by atoms with Crippen LogP contribution in [0.15, 0.2) is 0 Å². The van der Waals surface area contributed by atoms with Gasteiger partial charge < -0.3 is 0 Å². The topological polar surface area (TPSA) is 26.8 Å². The van der Waals surface area contributed by atoms with Crippen LogP contribution in [0, 0.1) is 17.2 Å². The maximum Gasteiger partial charge on any atom is 0.0656 e. The summed E-state index contributed by atoms with van der Waals surface area (Å²) in [5.41, 5.74) is 0. The van der Waals surface area contributed by atoms with Crippen molar-refractivity contribution in [3.63, 3.8) is 0 Å². The third kappa shape index (κ3) is 1.02. The molecule has 0 aromatic carbocycles. The Balaban J connectivity index is 1.95. The van der Waals surface area contributed by atoms with E-state index in [4.69, 9.17) is 5.26 Å². The molecule has 10 heavy (non-hydrogen) atoms. The second-order valence-corrected chi connectivity index (χ2v) is 3.35. The van der Waals surface area contributed by atoms with Gasteiger partial charge in [0.1, 0.15) is 0 Å². The molecule has 3 atom stereocenters. The molecular formula is C8H12N2. The van der Waals surface area contributed by atoms with Gasteiger partial charge in [0.05, 0.1) is 6.07 Å². The third-order valence-corrected chi connectivity index (χ3v) is 2.57. The lowest BCUT2D eigenvalue weighted by molar-refractivity contribution is 0.514. The molecule has 0 aromatic rings. The molecular weight excluding hydrogens is 124 g/mol. The average molecular weight is 136 g/mol. The van der Waals surface area contributed by atoms with E-state index in [0.717, 1.165) is 18.9 Å². The Bertz CT molecular complexity index is 171.